The summed E-state index contributed by atoms with van der Waals surface area (Å²) in [6, 6.07) is 7.04. The molecule has 1 aliphatic carbocycles. The Morgan fingerprint density at radius 2 is 1.92 bits per heavy atom. The van der Waals surface area contributed by atoms with E-state index in [0.717, 1.165) is 43.0 Å². The van der Waals surface area contributed by atoms with E-state index in [1.807, 2.05) is 0 Å². The van der Waals surface area contributed by atoms with Gasteiger partial charge in [0, 0.05) is 24.0 Å². The van der Waals surface area contributed by atoms with Gasteiger partial charge < -0.3 is 5.32 Å². The van der Waals surface area contributed by atoms with Gasteiger partial charge in [0.1, 0.15) is 0 Å². The Balaban J connectivity index is 1.55. The van der Waals surface area contributed by atoms with Crippen molar-refractivity contribution in [2.75, 3.05) is 13.1 Å². The number of nitrogens with one attached hydrogen (secondary N) is 1. The van der Waals surface area contributed by atoms with E-state index in [4.69, 9.17) is 11.6 Å². The Kier molecular flexibility index (Phi) is 5.81. The molecule has 1 saturated carbocycles. The Bertz CT molecular complexity index is 712. The predicted molar refractivity (Wildman–Crippen MR) is 99.1 cm³/mol. The van der Waals surface area contributed by atoms with Gasteiger partial charge in [0.05, 0.1) is 4.91 Å². The van der Waals surface area contributed by atoms with Crippen molar-refractivity contribution in [2.45, 2.75) is 25.7 Å². The minimum Gasteiger partial charge on any atom is -0.354 e. The van der Waals surface area contributed by atoms with Crippen LogP contribution in [-0.4, -0.2) is 35.0 Å². The molecule has 1 aliphatic heterocycles. The first-order valence-electron chi connectivity index (χ1n) is 8.33. The highest BCUT2D eigenvalue weighted by Gasteiger charge is 2.34. The number of hydrogen-bond donors (Lipinski definition) is 1. The van der Waals surface area contributed by atoms with E-state index >= 15 is 0 Å². The largest absolute Gasteiger partial charge is 0.354 e. The molecule has 0 unspecified atom stereocenters. The van der Waals surface area contributed by atoms with Gasteiger partial charge in [-0.25, -0.2) is 0 Å². The zero-order valence-corrected chi connectivity index (χ0v) is 15.2. The third-order valence-corrected chi connectivity index (χ3v) is 5.56. The Morgan fingerprint density at radius 3 is 2.60 bits per heavy atom. The first-order valence-corrected chi connectivity index (χ1v) is 9.52. The topological polar surface area (TPSA) is 66.5 Å². The van der Waals surface area contributed by atoms with Crippen LogP contribution < -0.4 is 5.32 Å². The lowest BCUT2D eigenvalue weighted by atomic mass is 10.1. The summed E-state index contributed by atoms with van der Waals surface area (Å²) >= 11 is 6.76. The van der Waals surface area contributed by atoms with E-state index in [-0.39, 0.29) is 29.5 Å². The highest BCUT2D eigenvalue weighted by Crippen LogP contribution is 2.32. The van der Waals surface area contributed by atoms with Crippen molar-refractivity contribution in [3.63, 3.8) is 0 Å². The zero-order chi connectivity index (χ0) is 17.8. The number of nitrogens with zero attached hydrogens (tertiary/aromatic N) is 1. The number of benzene rings is 1. The number of hydrogen-bond acceptors (Lipinski definition) is 4. The summed E-state index contributed by atoms with van der Waals surface area (Å²) in [6.45, 7) is 0.489. The fourth-order valence-corrected chi connectivity index (χ4v) is 4.02. The SMILES string of the molecule is O=C(NCCN1C(=O)SC(=Cc2ccc(Cl)cc2)C1=O)C1CCCC1. The van der Waals surface area contributed by atoms with Crippen LogP contribution in [-0.2, 0) is 9.59 Å². The van der Waals surface area contributed by atoms with Gasteiger partial charge >= 0.3 is 0 Å². The molecule has 2 fully saturated rings. The second-order valence-electron chi connectivity index (χ2n) is 6.16. The molecule has 3 rings (SSSR count). The zero-order valence-electron chi connectivity index (χ0n) is 13.7. The normalized spacial score (nSPS) is 19.9. The summed E-state index contributed by atoms with van der Waals surface area (Å²) in [5.41, 5.74) is 0.810. The van der Waals surface area contributed by atoms with Crippen molar-refractivity contribution >= 4 is 46.5 Å². The maximum Gasteiger partial charge on any atom is 0.293 e. The molecule has 0 spiro atoms. The summed E-state index contributed by atoms with van der Waals surface area (Å²) in [5.74, 6) is -0.207. The number of halogens is 1. The highest BCUT2D eigenvalue weighted by molar-refractivity contribution is 8.18. The molecule has 0 aromatic heterocycles. The highest BCUT2D eigenvalue weighted by atomic mass is 35.5. The number of carbonyl (C=O) groups excluding carboxylic acids is 3. The standard InChI is InChI=1S/C18H19ClN2O3S/c19-14-7-5-12(6-8-14)11-15-17(23)21(18(24)25-15)10-9-20-16(22)13-3-1-2-4-13/h5-8,11,13H,1-4,9-10H2,(H,20,22). The maximum absolute atomic E-state index is 12.4. The van der Waals surface area contributed by atoms with Crippen LogP contribution in [0.4, 0.5) is 4.79 Å². The molecule has 1 N–H and O–H groups in total. The number of rotatable bonds is 5. The number of thioether (sulfide) groups is 1. The molecule has 2 aliphatic rings. The van der Waals surface area contributed by atoms with Crippen LogP contribution in [0.2, 0.25) is 5.02 Å². The van der Waals surface area contributed by atoms with Crippen molar-refractivity contribution in [1.82, 2.24) is 10.2 Å². The maximum atomic E-state index is 12.4. The Hall–Kier alpha value is -1.79. The fourth-order valence-electron chi connectivity index (χ4n) is 3.03. The molecule has 5 nitrogen and oxygen atoms in total. The van der Waals surface area contributed by atoms with Gasteiger partial charge in [-0.2, -0.15) is 0 Å². The molecule has 0 atom stereocenters. The second kappa shape index (κ2) is 8.06. The van der Waals surface area contributed by atoms with E-state index in [9.17, 15) is 14.4 Å². The lowest BCUT2D eigenvalue weighted by Crippen LogP contribution is -2.39. The van der Waals surface area contributed by atoms with Gasteiger partial charge in [0.15, 0.2) is 0 Å². The number of amides is 3. The fraction of sp³-hybridized carbons (Fsp3) is 0.389. The lowest BCUT2D eigenvalue weighted by molar-refractivity contribution is -0.126. The summed E-state index contributed by atoms with van der Waals surface area (Å²) in [6.07, 6.45) is 5.72. The van der Waals surface area contributed by atoms with Crippen LogP contribution in [0.5, 0.6) is 0 Å². The molecule has 25 heavy (non-hydrogen) atoms. The third-order valence-electron chi connectivity index (χ3n) is 4.40. The summed E-state index contributed by atoms with van der Waals surface area (Å²) < 4.78 is 0. The molecular formula is C18H19ClN2O3S. The van der Waals surface area contributed by atoms with Crippen molar-refractivity contribution in [2.24, 2.45) is 5.92 Å². The summed E-state index contributed by atoms with van der Waals surface area (Å²) in [5, 5.41) is 3.14. The smallest absolute Gasteiger partial charge is 0.293 e. The second-order valence-corrected chi connectivity index (χ2v) is 7.59. The molecule has 3 amide bonds. The molecule has 1 heterocycles. The minimum atomic E-state index is -0.319. The molecule has 1 aromatic carbocycles. The lowest BCUT2D eigenvalue weighted by Gasteiger charge is -2.14. The molecule has 1 saturated heterocycles. The monoisotopic (exact) mass is 378 g/mol. The Labute approximate surface area is 155 Å². The minimum absolute atomic E-state index is 0.0289. The molecule has 132 valence electrons. The van der Waals surface area contributed by atoms with Gasteiger partial charge in [-0.05, 0) is 48.4 Å². The van der Waals surface area contributed by atoms with Crippen molar-refractivity contribution in [3.05, 3.63) is 39.8 Å². The average molecular weight is 379 g/mol. The number of imide groups is 1. The van der Waals surface area contributed by atoms with Crippen LogP contribution in [0, 0.1) is 5.92 Å². The van der Waals surface area contributed by atoms with Crippen LogP contribution in [0.1, 0.15) is 31.2 Å². The van der Waals surface area contributed by atoms with E-state index in [0.29, 0.717) is 16.5 Å². The Morgan fingerprint density at radius 1 is 1.24 bits per heavy atom. The third kappa shape index (κ3) is 4.44. The van der Waals surface area contributed by atoms with Crippen LogP contribution in [0.25, 0.3) is 6.08 Å². The first-order chi connectivity index (χ1) is 12.0. The summed E-state index contributed by atoms with van der Waals surface area (Å²) in [7, 11) is 0. The average Bonchev–Trinajstić information content (AvgIpc) is 3.21. The molecule has 0 radical (unpaired) electrons. The molecular weight excluding hydrogens is 360 g/mol. The van der Waals surface area contributed by atoms with Gasteiger partial charge in [0.25, 0.3) is 11.1 Å². The van der Waals surface area contributed by atoms with Crippen molar-refractivity contribution in [1.29, 1.82) is 0 Å². The van der Waals surface area contributed by atoms with E-state index < -0.39 is 0 Å². The molecule has 1 aromatic rings. The van der Waals surface area contributed by atoms with E-state index in [1.54, 1.807) is 30.3 Å². The van der Waals surface area contributed by atoms with E-state index in [1.165, 1.54) is 4.90 Å². The van der Waals surface area contributed by atoms with Gasteiger partial charge in [-0.15, -0.1) is 0 Å². The van der Waals surface area contributed by atoms with Gasteiger partial charge in [-0.1, -0.05) is 36.6 Å². The summed E-state index contributed by atoms with van der Waals surface area (Å²) in [4.78, 5) is 38.0. The van der Waals surface area contributed by atoms with Crippen molar-refractivity contribution in [3.8, 4) is 0 Å². The van der Waals surface area contributed by atoms with Crippen LogP contribution in [0.3, 0.4) is 0 Å². The predicted octanol–water partition coefficient (Wildman–Crippen LogP) is 3.68. The quantitative estimate of drug-likeness (QED) is 0.793. The van der Waals surface area contributed by atoms with Crippen molar-refractivity contribution < 1.29 is 14.4 Å². The number of carbonyl (C=O) groups is 3. The first kappa shape index (κ1) is 18.0. The van der Waals surface area contributed by atoms with Crippen LogP contribution >= 0.6 is 23.4 Å². The van der Waals surface area contributed by atoms with Gasteiger partial charge in [-0.3, -0.25) is 19.3 Å². The van der Waals surface area contributed by atoms with Crippen LogP contribution in [0.15, 0.2) is 29.2 Å². The van der Waals surface area contributed by atoms with Gasteiger partial charge in [0.2, 0.25) is 5.91 Å². The molecule has 7 heteroatoms. The van der Waals surface area contributed by atoms with E-state index in [2.05, 4.69) is 5.32 Å². The molecule has 0 bridgehead atoms.